The lowest BCUT2D eigenvalue weighted by Gasteiger charge is -2.24. The van der Waals surface area contributed by atoms with Crippen molar-refractivity contribution in [1.82, 2.24) is 4.90 Å². The Morgan fingerprint density at radius 3 is 2.78 bits per heavy atom. The molecule has 0 bridgehead atoms. The van der Waals surface area contributed by atoms with Crippen molar-refractivity contribution >= 4 is 34.7 Å². The largest absolute Gasteiger partial charge is 0.393 e. The average Bonchev–Trinajstić information content (AvgIpc) is 2.30. The van der Waals surface area contributed by atoms with Crippen molar-refractivity contribution < 1.29 is 9.18 Å². The molecule has 1 rings (SSSR count). The molecule has 1 unspecified atom stereocenters. The molecule has 2 N–H and O–H groups in total. The van der Waals surface area contributed by atoms with Gasteiger partial charge in [-0.1, -0.05) is 29.9 Å². The Hall–Kier alpha value is -1.20. The summed E-state index contributed by atoms with van der Waals surface area (Å²) >= 11 is 10.4. The quantitative estimate of drug-likeness (QED) is 0.867. The van der Waals surface area contributed by atoms with Gasteiger partial charge in [0.2, 0.25) is 0 Å². The molecule has 0 aliphatic carbocycles. The molecule has 0 radical (unpaired) electrons. The lowest BCUT2D eigenvalue weighted by atomic mass is 10.1. The number of rotatable bonds is 4. The first kappa shape index (κ1) is 14.9. The Kier molecular flexibility index (Phi) is 5.04. The second kappa shape index (κ2) is 6.11. The van der Waals surface area contributed by atoms with Crippen molar-refractivity contribution in [3.63, 3.8) is 0 Å². The highest BCUT2D eigenvalue weighted by Gasteiger charge is 2.21. The number of nitrogens with zero attached hydrogens (tertiary/aromatic N) is 1. The van der Waals surface area contributed by atoms with Gasteiger partial charge in [0.05, 0.1) is 15.6 Å². The summed E-state index contributed by atoms with van der Waals surface area (Å²) in [6.45, 7) is 1.79. The van der Waals surface area contributed by atoms with Gasteiger partial charge in [-0.15, -0.1) is 0 Å². The van der Waals surface area contributed by atoms with Crippen LogP contribution >= 0.6 is 23.8 Å². The van der Waals surface area contributed by atoms with Crippen molar-refractivity contribution in [2.24, 2.45) is 5.73 Å². The number of carbonyl (C=O) groups excluding carboxylic acids is 1. The molecule has 1 amide bonds. The molecule has 0 saturated carbocycles. The van der Waals surface area contributed by atoms with Gasteiger partial charge < -0.3 is 10.6 Å². The zero-order valence-corrected chi connectivity index (χ0v) is 11.7. The molecule has 3 nitrogen and oxygen atoms in total. The Balaban J connectivity index is 2.93. The summed E-state index contributed by atoms with van der Waals surface area (Å²) < 4.78 is 13.7. The molecule has 1 aromatic carbocycles. The van der Waals surface area contributed by atoms with Crippen LogP contribution in [0.1, 0.15) is 23.7 Å². The lowest BCUT2D eigenvalue weighted by Crippen LogP contribution is -2.37. The monoisotopic (exact) mass is 288 g/mol. The molecule has 0 fully saturated rings. The van der Waals surface area contributed by atoms with Gasteiger partial charge in [-0.05, 0) is 19.1 Å². The van der Waals surface area contributed by atoms with E-state index < -0.39 is 11.7 Å². The average molecular weight is 289 g/mol. The fourth-order valence-corrected chi connectivity index (χ4v) is 1.90. The standard InChI is InChI=1S/C12H14ClFN2OS/c1-7(6-10(15)18)16(2)12(17)8-4-3-5-9(13)11(8)14/h3-5,7H,6H2,1-2H3,(H2,15,18). The Labute approximate surface area is 116 Å². The minimum Gasteiger partial charge on any atom is -0.393 e. The Bertz CT molecular complexity index is 481. The zero-order chi connectivity index (χ0) is 13.9. The predicted octanol–water partition coefficient (Wildman–Crippen LogP) is 2.62. The van der Waals surface area contributed by atoms with E-state index in [1.165, 1.54) is 23.1 Å². The van der Waals surface area contributed by atoms with Crippen LogP contribution in [0.4, 0.5) is 4.39 Å². The Morgan fingerprint density at radius 2 is 2.22 bits per heavy atom. The minimum atomic E-state index is -0.710. The predicted molar refractivity (Wildman–Crippen MR) is 74.4 cm³/mol. The molecule has 0 heterocycles. The van der Waals surface area contributed by atoms with Crippen LogP contribution in [0, 0.1) is 5.82 Å². The maximum absolute atomic E-state index is 13.7. The van der Waals surface area contributed by atoms with Gasteiger partial charge in [0, 0.05) is 19.5 Å². The number of nitrogens with two attached hydrogens (primary N) is 1. The molecule has 0 spiro atoms. The highest BCUT2D eigenvalue weighted by Crippen LogP contribution is 2.20. The van der Waals surface area contributed by atoms with Crippen molar-refractivity contribution in [2.75, 3.05) is 7.05 Å². The number of hydrogen-bond acceptors (Lipinski definition) is 2. The van der Waals surface area contributed by atoms with Crippen LogP contribution in [-0.2, 0) is 0 Å². The van der Waals surface area contributed by atoms with Crippen molar-refractivity contribution in [2.45, 2.75) is 19.4 Å². The smallest absolute Gasteiger partial charge is 0.256 e. The normalized spacial score (nSPS) is 12.0. The van der Waals surface area contributed by atoms with Gasteiger partial charge in [0.1, 0.15) is 0 Å². The molecule has 0 saturated heterocycles. The van der Waals surface area contributed by atoms with E-state index in [1.807, 2.05) is 0 Å². The van der Waals surface area contributed by atoms with Gasteiger partial charge in [-0.25, -0.2) is 4.39 Å². The van der Waals surface area contributed by atoms with Crippen LogP contribution < -0.4 is 5.73 Å². The number of carbonyl (C=O) groups is 1. The third kappa shape index (κ3) is 3.40. The van der Waals surface area contributed by atoms with Crippen molar-refractivity contribution in [3.8, 4) is 0 Å². The maximum Gasteiger partial charge on any atom is 0.256 e. The highest BCUT2D eigenvalue weighted by atomic mass is 35.5. The molecule has 98 valence electrons. The maximum atomic E-state index is 13.7. The van der Waals surface area contributed by atoms with Crippen LogP contribution in [0.25, 0.3) is 0 Å². The molecule has 0 aliphatic rings. The first-order valence-electron chi connectivity index (χ1n) is 5.34. The summed E-state index contributed by atoms with van der Waals surface area (Å²) in [5.74, 6) is -1.16. The van der Waals surface area contributed by atoms with Crippen LogP contribution in [0.5, 0.6) is 0 Å². The zero-order valence-electron chi connectivity index (χ0n) is 10.1. The number of thiocarbonyl (C=S) groups is 1. The van der Waals surface area contributed by atoms with Crippen LogP contribution in [0.3, 0.4) is 0 Å². The Morgan fingerprint density at radius 1 is 1.61 bits per heavy atom. The van der Waals surface area contributed by atoms with E-state index in [1.54, 1.807) is 14.0 Å². The third-order valence-corrected chi connectivity index (χ3v) is 3.12. The SMILES string of the molecule is CC(CC(N)=S)N(C)C(=O)c1cccc(Cl)c1F. The summed E-state index contributed by atoms with van der Waals surface area (Å²) in [5, 5.41) is -0.0729. The van der Waals surface area contributed by atoms with E-state index >= 15 is 0 Å². The summed E-state index contributed by atoms with van der Waals surface area (Å²) in [5.41, 5.74) is 5.37. The molecular formula is C12H14ClFN2OS. The second-order valence-corrected chi connectivity index (χ2v) is 4.97. The minimum absolute atomic E-state index is 0.0558. The van der Waals surface area contributed by atoms with Crippen LogP contribution in [0.2, 0.25) is 5.02 Å². The first-order chi connectivity index (χ1) is 8.34. The summed E-state index contributed by atoms with van der Waals surface area (Å²) in [6, 6.07) is 4.12. The van der Waals surface area contributed by atoms with E-state index in [4.69, 9.17) is 29.6 Å². The summed E-state index contributed by atoms with van der Waals surface area (Å²) in [4.78, 5) is 13.8. The molecular weight excluding hydrogens is 275 g/mol. The molecule has 1 atom stereocenters. The molecule has 1 aromatic rings. The number of halogens is 2. The topological polar surface area (TPSA) is 46.3 Å². The van der Waals surface area contributed by atoms with E-state index in [0.29, 0.717) is 11.4 Å². The van der Waals surface area contributed by atoms with E-state index in [2.05, 4.69) is 0 Å². The van der Waals surface area contributed by atoms with Gasteiger partial charge in [-0.2, -0.15) is 0 Å². The molecule has 0 aliphatic heterocycles. The van der Waals surface area contributed by atoms with E-state index in [-0.39, 0.29) is 16.6 Å². The van der Waals surface area contributed by atoms with Crippen molar-refractivity contribution in [1.29, 1.82) is 0 Å². The van der Waals surface area contributed by atoms with E-state index in [0.717, 1.165) is 0 Å². The number of amides is 1. The van der Waals surface area contributed by atoms with Gasteiger partial charge in [-0.3, -0.25) is 4.79 Å². The molecule has 18 heavy (non-hydrogen) atoms. The molecule has 6 heteroatoms. The summed E-state index contributed by atoms with van der Waals surface area (Å²) in [7, 11) is 1.58. The van der Waals surface area contributed by atoms with Gasteiger partial charge in [0.25, 0.3) is 5.91 Å². The highest BCUT2D eigenvalue weighted by molar-refractivity contribution is 7.80. The fraction of sp³-hybridized carbons (Fsp3) is 0.333. The van der Waals surface area contributed by atoms with E-state index in [9.17, 15) is 9.18 Å². The number of benzene rings is 1. The third-order valence-electron chi connectivity index (χ3n) is 2.66. The second-order valence-electron chi connectivity index (χ2n) is 4.04. The summed E-state index contributed by atoms with van der Waals surface area (Å²) in [6.07, 6.45) is 0.389. The number of hydrogen-bond donors (Lipinski definition) is 1. The lowest BCUT2D eigenvalue weighted by molar-refractivity contribution is 0.0743. The molecule has 0 aromatic heterocycles. The fourth-order valence-electron chi connectivity index (χ4n) is 1.49. The van der Waals surface area contributed by atoms with Crippen LogP contribution in [-0.4, -0.2) is 28.9 Å². The van der Waals surface area contributed by atoms with Gasteiger partial charge >= 0.3 is 0 Å². The first-order valence-corrected chi connectivity index (χ1v) is 6.12. The van der Waals surface area contributed by atoms with Crippen LogP contribution in [0.15, 0.2) is 18.2 Å². The van der Waals surface area contributed by atoms with Crippen molar-refractivity contribution in [3.05, 3.63) is 34.6 Å². The van der Waals surface area contributed by atoms with Gasteiger partial charge in [0.15, 0.2) is 5.82 Å².